The molecule has 0 unspecified atom stereocenters. The minimum Gasteiger partial charge on any atom is -0.497 e. The lowest BCUT2D eigenvalue weighted by Gasteiger charge is -2.21. The van der Waals surface area contributed by atoms with Gasteiger partial charge in [0.1, 0.15) is 5.75 Å². The highest BCUT2D eigenvalue weighted by Crippen LogP contribution is 2.16. The number of carbonyl (C=O) groups is 1. The molecule has 1 aromatic carbocycles. The maximum absolute atomic E-state index is 12.0. The van der Waals surface area contributed by atoms with Gasteiger partial charge < -0.3 is 15.0 Å². The average molecular weight is 329 g/mol. The molecule has 0 spiro atoms. The number of ether oxygens (including phenoxy) is 1. The molecular formula is C14H23N3O4S. The SMILES string of the molecule is COc1cccc(NC(=O)CN(CCN(C)C)S(C)(=O)=O)c1. The normalized spacial score (nSPS) is 11.7. The van der Waals surface area contributed by atoms with E-state index in [1.807, 2.05) is 19.0 Å². The van der Waals surface area contributed by atoms with Gasteiger partial charge in [-0.2, -0.15) is 4.31 Å². The number of hydrogen-bond donors (Lipinski definition) is 1. The fourth-order valence-corrected chi connectivity index (χ4v) is 2.50. The minimum atomic E-state index is -3.44. The molecular weight excluding hydrogens is 306 g/mol. The molecule has 0 aliphatic rings. The first-order valence-corrected chi connectivity index (χ1v) is 8.61. The Bertz CT molecular complexity index is 602. The van der Waals surface area contributed by atoms with E-state index in [1.165, 1.54) is 7.11 Å². The first-order valence-electron chi connectivity index (χ1n) is 6.76. The number of sulfonamides is 1. The zero-order valence-corrected chi connectivity index (χ0v) is 14.2. The number of nitrogens with one attached hydrogen (secondary N) is 1. The van der Waals surface area contributed by atoms with Gasteiger partial charge in [-0.15, -0.1) is 0 Å². The Kier molecular flexibility index (Phi) is 6.79. The fraction of sp³-hybridized carbons (Fsp3) is 0.500. The molecule has 0 heterocycles. The van der Waals surface area contributed by atoms with Gasteiger partial charge in [-0.05, 0) is 26.2 Å². The number of benzene rings is 1. The number of nitrogens with zero attached hydrogens (tertiary/aromatic N) is 2. The fourth-order valence-electron chi connectivity index (χ4n) is 1.74. The molecule has 1 amide bonds. The maximum Gasteiger partial charge on any atom is 0.239 e. The third-order valence-electron chi connectivity index (χ3n) is 2.94. The van der Waals surface area contributed by atoms with Crippen LogP contribution in [0.25, 0.3) is 0 Å². The number of hydrogen-bond acceptors (Lipinski definition) is 5. The highest BCUT2D eigenvalue weighted by Gasteiger charge is 2.20. The summed E-state index contributed by atoms with van der Waals surface area (Å²) in [6.45, 7) is 0.584. The second-order valence-electron chi connectivity index (χ2n) is 5.18. The van der Waals surface area contributed by atoms with Crippen LogP contribution in [0.5, 0.6) is 5.75 Å². The number of amides is 1. The van der Waals surface area contributed by atoms with Crippen molar-refractivity contribution in [1.82, 2.24) is 9.21 Å². The van der Waals surface area contributed by atoms with Crippen LogP contribution in [0.3, 0.4) is 0 Å². The molecule has 0 bridgehead atoms. The molecule has 22 heavy (non-hydrogen) atoms. The summed E-state index contributed by atoms with van der Waals surface area (Å²) in [5.74, 6) is 0.225. The Balaban J connectivity index is 2.70. The quantitative estimate of drug-likeness (QED) is 0.749. The Labute approximate surface area is 131 Å². The van der Waals surface area contributed by atoms with Gasteiger partial charge in [0.25, 0.3) is 0 Å². The zero-order valence-electron chi connectivity index (χ0n) is 13.4. The lowest BCUT2D eigenvalue weighted by atomic mass is 10.3. The van der Waals surface area contributed by atoms with E-state index in [9.17, 15) is 13.2 Å². The summed E-state index contributed by atoms with van der Waals surface area (Å²) in [5.41, 5.74) is 0.561. The molecule has 0 aliphatic heterocycles. The van der Waals surface area contributed by atoms with Crippen LogP contribution in [0.1, 0.15) is 0 Å². The van der Waals surface area contributed by atoms with Crippen LogP contribution in [0.4, 0.5) is 5.69 Å². The van der Waals surface area contributed by atoms with Crippen molar-refractivity contribution in [3.05, 3.63) is 24.3 Å². The lowest BCUT2D eigenvalue weighted by Crippen LogP contribution is -2.41. The second-order valence-corrected chi connectivity index (χ2v) is 7.16. The largest absolute Gasteiger partial charge is 0.497 e. The van der Waals surface area contributed by atoms with Crippen molar-refractivity contribution in [2.75, 3.05) is 52.4 Å². The van der Waals surface area contributed by atoms with E-state index in [2.05, 4.69) is 5.32 Å². The summed E-state index contributed by atoms with van der Waals surface area (Å²) in [7, 11) is 1.78. The van der Waals surface area contributed by atoms with Crippen LogP contribution in [0.15, 0.2) is 24.3 Å². The van der Waals surface area contributed by atoms with Gasteiger partial charge in [0.05, 0.1) is 19.9 Å². The molecule has 7 nitrogen and oxygen atoms in total. The lowest BCUT2D eigenvalue weighted by molar-refractivity contribution is -0.116. The highest BCUT2D eigenvalue weighted by atomic mass is 32.2. The van der Waals surface area contributed by atoms with Crippen LogP contribution >= 0.6 is 0 Å². The first kappa shape index (κ1) is 18.4. The second kappa shape index (κ2) is 8.11. The van der Waals surface area contributed by atoms with Crippen molar-refractivity contribution in [3.8, 4) is 5.75 Å². The number of methoxy groups -OCH3 is 1. The number of rotatable bonds is 8. The van der Waals surface area contributed by atoms with E-state index in [0.29, 0.717) is 18.0 Å². The summed E-state index contributed by atoms with van der Waals surface area (Å²) in [5, 5.41) is 2.67. The Morgan fingerprint density at radius 2 is 1.95 bits per heavy atom. The third kappa shape index (κ3) is 6.42. The standard InChI is InChI=1S/C14H23N3O4S/c1-16(2)8-9-17(22(4,19)20)11-14(18)15-12-6-5-7-13(10-12)21-3/h5-7,10H,8-9,11H2,1-4H3,(H,15,18). The van der Waals surface area contributed by atoms with Crippen molar-refractivity contribution in [2.45, 2.75) is 0 Å². The van der Waals surface area contributed by atoms with Gasteiger partial charge >= 0.3 is 0 Å². The molecule has 8 heteroatoms. The topological polar surface area (TPSA) is 79.0 Å². The molecule has 1 aromatic rings. The van der Waals surface area contributed by atoms with Crippen LogP contribution in [-0.4, -0.2) is 70.6 Å². The zero-order chi connectivity index (χ0) is 16.8. The average Bonchev–Trinajstić information content (AvgIpc) is 2.42. The third-order valence-corrected chi connectivity index (χ3v) is 4.19. The molecule has 1 N–H and O–H groups in total. The molecule has 0 aliphatic carbocycles. The van der Waals surface area contributed by atoms with E-state index >= 15 is 0 Å². The molecule has 124 valence electrons. The van der Waals surface area contributed by atoms with E-state index in [0.717, 1.165) is 10.6 Å². The van der Waals surface area contributed by atoms with Crippen molar-refractivity contribution in [3.63, 3.8) is 0 Å². The van der Waals surface area contributed by atoms with Crippen LogP contribution < -0.4 is 10.1 Å². The van der Waals surface area contributed by atoms with E-state index < -0.39 is 15.9 Å². The van der Waals surface area contributed by atoms with Crippen molar-refractivity contribution < 1.29 is 17.9 Å². The van der Waals surface area contributed by atoms with Crippen LogP contribution in [0, 0.1) is 0 Å². The number of likely N-dealkylation sites (N-methyl/N-ethyl adjacent to an activating group) is 1. The molecule has 0 atom stereocenters. The molecule has 0 saturated carbocycles. The molecule has 0 fully saturated rings. The predicted octanol–water partition coefficient (Wildman–Crippen LogP) is 0.457. The van der Waals surface area contributed by atoms with E-state index in [4.69, 9.17) is 4.74 Å². The van der Waals surface area contributed by atoms with E-state index in [-0.39, 0.29) is 13.1 Å². The molecule has 1 rings (SSSR count). The predicted molar refractivity (Wildman–Crippen MR) is 86.6 cm³/mol. The Hall–Kier alpha value is -1.64. The van der Waals surface area contributed by atoms with Crippen molar-refractivity contribution >= 4 is 21.6 Å². The Morgan fingerprint density at radius 1 is 1.27 bits per heavy atom. The number of anilines is 1. The van der Waals surface area contributed by atoms with Gasteiger partial charge in [0, 0.05) is 24.8 Å². The summed E-state index contributed by atoms with van der Waals surface area (Å²) in [4.78, 5) is 13.9. The van der Waals surface area contributed by atoms with Gasteiger partial charge in [0.2, 0.25) is 15.9 Å². The number of carbonyl (C=O) groups excluding carboxylic acids is 1. The van der Waals surface area contributed by atoms with Gasteiger partial charge in [0.15, 0.2) is 0 Å². The summed E-state index contributed by atoms with van der Waals surface area (Å²) in [6.07, 6.45) is 1.10. The smallest absolute Gasteiger partial charge is 0.239 e. The maximum atomic E-state index is 12.0. The van der Waals surface area contributed by atoms with Crippen molar-refractivity contribution in [2.24, 2.45) is 0 Å². The summed E-state index contributed by atoms with van der Waals surface area (Å²) < 4.78 is 29.7. The Morgan fingerprint density at radius 3 is 2.50 bits per heavy atom. The monoisotopic (exact) mass is 329 g/mol. The van der Waals surface area contributed by atoms with Crippen molar-refractivity contribution in [1.29, 1.82) is 0 Å². The minimum absolute atomic E-state index is 0.218. The van der Waals surface area contributed by atoms with E-state index in [1.54, 1.807) is 24.3 Å². The summed E-state index contributed by atoms with van der Waals surface area (Å²) in [6, 6.07) is 6.89. The van der Waals surface area contributed by atoms with Gasteiger partial charge in [-0.25, -0.2) is 8.42 Å². The molecule has 0 aromatic heterocycles. The van der Waals surface area contributed by atoms with Gasteiger partial charge in [-0.3, -0.25) is 4.79 Å². The highest BCUT2D eigenvalue weighted by molar-refractivity contribution is 7.88. The molecule has 0 saturated heterocycles. The van der Waals surface area contributed by atoms with Gasteiger partial charge in [-0.1, -0.05) is 6.07 Å². The summed E-state index contributed by atoms with van der Waals surface area (Å²) >= 11 is 0. The van der Waals surface area contributed by atoms with Crippen LogP contribution in [-0.2, 0) is 14.8 Å². The molecule has 0 radical (unpaired) electrons. The first-order chi connectivity index (χ1) is 10.2. The van der Waals surface area contributed by atoms with Crippen LogP contribution in [0.2, 0.25) is 0 Å².